The van der Waals surface area contributed by atoms with Crippen molar-refractivity contribution in [2.45, 2.75) is 32.6 Å². The van der Waals surface area contributed by atoms with Crippen LogP contribution in [0, 0.1) is 0 Å². The molecule has 0 unspecified atom stereocenters. The third kappa shape index (κ3) is 3.74. The van der Waals surface area contributed by atoms with Gasteiger partial charge >= 0.3 is 0 Å². The Morgan fingerprint density at radius 3 is 2.76 bits per heavy atom. The predicted octanol–water partition coefficient (Wildman–Crippen LogP) is 3.26. The Morgan fingerprint density at radius 1 is 1.18 bits per heavy atom. The minimum Gasteiger partial charge on any atom is -0.378 e. The van der Waals surface area contributed by atoms with E-state index in [1.165, 1.54) is 36.9 Å². The van der Waals surface area contributed by atoms with E-state index < -0.39 is 0 Å². The summed E-state index contributed by atoms with van der Waals surface area (Å²) in [6.07, 6.45) is 5.15. The summed E-state index contributed by atoms with van der Waals surface area (Å²) in [5.41, 5.74) is 2.84. The Balaban J connectivity index is 1.95. The topological polar surface area (TPSA) is 12.5 Å². The Hall–Kier alpha value is -1.02. The van der Waals surface area contributed by atoms with E-state index in [1.807, 2.05) is 0 Å². The van der Waals surface area contributed by atoms with E-state index in [9.17, 15) is 0 Å². The summed E-state index contributed by atoms with van der Waals surface area (Å²) < 4.78 is 5.39. The molecule has 0 bridgehead atoms. The van der Waals surface area contributed by atoms with Gasteiger partial charge in [0.15, 0.2) is 0 Å². The molecule has 0 atom stereocenters. The molecule has 1 aromatic rings. The summed E-state index contributed by atoms with van der Waals surface area (Å²) in [6, 6.07) is 9.00. The van der Waals surface area contributed by atoms with E-state index in [4.69, 9.17) is 4.74 Å². The van der Waals surface area contributed by atoms with Gasteiger partial charge in [0.25, 0.3) is 0 Å². The average molecular weight is 233 g/mol. The molecule has 1 aromatic carbocycles. The maximum Gasteiger partial charge on any atom is 0.0642 e. The molecule has 0 spiro atoms. The van der Waals surface area contributed by atoms with Crippen LogP contribution in [0.1, 0.15) is 31.7 Å². The van der Waals surface area contributed by atoms with Gasteiger partial charge in [-0.25, -0.2) is 0 Å². The lowest BCUT2D eigenvalue weighted by molar-refractivity contribution is 0.122. The predicted molar refractivity (Wildman–Crippen MR) is 72.7 cm³/mol. The minimum atomic E-state index is 0.861. The fourth-order valence-corrected chi connectivity index (χ4v) is 2.31. The van der Waals surface area contributed by atoms with Gasteiger partial charge in [-0.2, -0.15) is 0 Å². The van der Waals surface area contributed by atoms with Crippen LogP contribution >= 0.6 is 0 Å². The Morgan fingerprint density at radius 2 is 2.00 bits per heavy atom. The molecule has 94 valence electrons. The number of aryl methyl sites for hydroxylation is 1. The third-order valence-corrected chi connectivity index (χ3v) is 3.36. The monoisotopic (exact) mass is 233 g/mol. The van der Waals surface area contributed by atoms with E-state index in [1.54, 1.807) is 0 Å². The number of nitrogens with zero attached hydrogens (tertiary/aromatic N) is 1. The zero-order valence-electron chi connectivity index (χ0n) is 10.8. The van der Waals surface area contributed by atoms with Crippen molar-refractivity contribution in [3.63, 3.8) is 0 Å². The molecule has 1 saturated heterocycles. The molecule has 0 N–H and O–H groups in total. The van der Waals surface area contributed by atoms with Crippen LogP contribution in [0.3, 0.4) is 0 Å². The fraction of sp³-hybridized carbons (Fsp3) is 0.600. The van der Waals surface area contributed by atoms with E-state index in [-0.39, 0.29) is 0 Å². The standard InChI is InChI=1S/C15H23NO/c1-2-3-4-6-14-7-5-8-15(13-14)16-9-11-17-12-10-16/h5,7-8,13H,2-4,6,9-12H2,1H3. The summed E-state index contributed by atoms with van der Waals surface area (Å²) in [5.74, 6) is 0. The van der Waals surface area contributed by atoms with Crippen molar-refractivity contribution < 1.29 is 4.74 Å². The zero-order chi connectivity index (χ0) is 11.9. The maximum atomic E-state index is 5.39. The molecule has 0 saturated carbocycles. The van der Waals surface area contributed by atoms with Crippen LogP contribution in [0.5, 0.6) is 0 Å². The molecule has 0 aliphatic carbocycles. The first-order chi connectivity index (χ1) is 8.40. The van der Waals surface area contributed by atoms with Crippen molar-refractivity contribution in [2.24, 2.45) is 0 Å². The van der Waals surface area contributed by atoms with Gasteiger partial charge in [-0.3, -0.25) is 0 Å². The van der Waals surface area contributed by atoms with Crippen molar-refractivity contribution >= 4 is 5.69 Å². The zero-order valence-corrected chi connectivity index (χ0v) is 10.8. The van der Waals surface area contributed by atoms with Crippen LogP contribution in [0.4, 0.5) is 5.69 Å². The number of hydrogen-bond acceptors (Lipinski definition) is 2. The van der Waals surface area contributed by atoms with Crippen molar-refractivity contribution in [1.82, 2.24) is 0 Å². The lowest BCUT2D eigenvalue weighted by Gasteiger charge is -2.29. The van der Waals surface area contributed by atoms with E-state index in [2.05, 4.69) is 36.1 Å². The summed E-state index contributed by atoms with van der Waals surface area (Å²) >= 11 is 0. The van der Waals surface area contributed by atoms with Gasteiger partial charge in [-0.15, -0.1) is 0 Å². The second-order valence-corrected chi connectivity index (χ2v) is 4.73. The molecular weight excluding hydrogens is 210 g/mol. The Bertz CT molecular complexity index is 331. The normalized spacial score (nSPS) is 16.2. The van der Waals surface area contributed by atoms with E-state index in [0.717, 1.165) is 26.3 Å². The first-order valence-corrected chi connectivity index (χ1v) is 6.82. The SMILES string of the molecule is CCCCCc1cccc(N2CCOCC2)c1. The fourth-order valence-electron chi connectivity index (χ4n) is 2.31. The van der Waals surface area contributed by atoms with Gasteiger partial charge in [0, 0.05) is 18.8 Å². The molecule has 1 fully saturated rings. The number of morpholine rings is 1. The highest BCUT2D eigenvalue weighted by molar-refractivity contribution is 5.48. The lowest BCUT2D eigenvalue weighted by atomic mass is 10.1. The highest BCUT2D eigenvalue weighted by atomic mass is 16.5. The van der Waals surface area contributed by atoms with Crippen LogP contribution in [0.25, 0.3) is 0 Å². The summed E-state index contributed by atoms with van der Waals surface area (Å²) in [6.45, 7) is 6.03. The third-order valence-electron chi connectivity index (χ3n) is 3.36. The van der Waals surface area contributed by atoms with Crippen LogP contribution in [0.2, 0.25) is 0 Å². The van der Waals surface area contributed by atoms with Gasteiger partial charge in [0.1, 0.15) is 0 Å². The number of ether oxygens (including phenoxy) is 1. The number of hydrogen-bond donors (Lipinski definition) is 0. The van der Waals surface area contributed by atoms with Crippen LogP contribution in [-0.2, 0) is 11.2 Å². The number of rotatable bonds is 5. The molecule has 2 rings (SSSR count). The molecule has 2 heteroatoms. The van der Waals surface area contributed by atoms with Crippen molar-refractivity contribution in [1.29, 1.82) is 0 Å². The first-order valence-electron chi connectivity index (χ1n) is 6.82. The number of benzene rings is 1. The first kappa shape index (κ1) is 12.4. The number of anilines is 1. The summed E-state index contributed by atoms with van der Waals surface area (Å²) in [5, 5.41) is 0. The van der Waals surface area contributed by atoms with Gasteiger partial charge in [0.2, 0.25) is 0 Å². The molecule has 1 heterocycles. The highest BCUT2D eigenvalue weighted by Gasteiger charge is 2.10. The van der Waals surface area contributed by atoms with Gasteiger partial charge in [-0.05, 0) is 30.5 Å². The second kappa shape index (κ2) is 6.65. The summed E-state index contributed by atoms with van der Waals surface area (Å²) in [7, 11) is 0. The molecule has 1 aliphatic rings. The van der Waals surface area contributed by atoms with Crippen molar-refractivity contribution in [2.75, 3.05) is 31.2 Å². The van der Waals surface area contributed by atoms with E-state index >= 15 is 0 Å². The molecule has 1 aliphatic heterocycles. The second-order valence-electron chi connectivity index (χ2n) is 4.73. The summed E-state index contributed by atoms with van der Waals surface area (Å²) in [4.78, 5) is 2.42. The average Bonchev–Trinajstić information content (AvgIpc) is 2.41. The smallest absolute Gasteiger partial charge is 0.0642 e. The molecule has 0 amide bonds. The lowest BCUT2D eigenvalue weighted by Crippen LogP contribution is -2.36. The Kier molecular flexibility index (Phi) is 4.87. The molecular formula is C15H23NO. The maximum absolute atomic E-state index is 5.39. The van der Waals surface area contributed by atoms with E-state index in [0.29, 0.717) is 0 Å². The molecule has 0 radical (unpaired) electrons. The van der Waals surface area contributed by atoms with Crippen molar-refractivity contribution in [3.05, 3.63) is 29.8 Å². The Labute approximate surface area is 105 Å². The largest absolute Gasteiger partial charge is 0.378 e. The van der Waals surface area contributed by atoms with Crippen LogP contribution in [-0.4, -0.2) is 26.3 Å². The van der Waals surface area contributed by atoms with Gasteiger partial charge in [-0.1, -0.05) is 31.9 Å². The quantitative estimate of drug-likeness (QED) is 0.724. The molecule has 17 heavy (non-hydrogen) atoms. The van der Waals surface area contributed by atoms with Crippen molar-refractivity contribution in [3.8, 4) is 0 Å². The number of unbranched alkanes of at least 4 members (excludes halogenated alkanes) is 2. The van der Waals surface area contributed by atoms with Crippen LogP contribution < -0.4 is 4.90 Å². The molecule has 0 aromatic heterocycles. The minimum absolute atomic E-state index is 0.861. The van der Waals surface area contributed by atoms with Gasteiger partial charge < -0.3 is 9.64 Å². The highest BCUT2D eigenvalue weighted by Crippen LogP contribution is 2.18. The van der Waals surface area contributed by atoms with Crippen LogP contribution in [0.15, 0.2) is 24.3 Å². The van der Waals surface area contributed by atoms with Gasteiger partial charge in [0.05, 0.1) is 13.2 Å². The molecule has 2 nitrogen and oxygen atoms in total.